The van der Waals surface area contributed by atoms with Gasteiger partial charge in [-0.25, -0.2) is 0 Å². The maximum absolute atomic E-state index is 10.6. The van der Waals surface area contributed by atoms with Crippen LogP contribution < -0.4 is 5.32 Å². The van der Waals surface area contributed by atoms with E-state index >= 15 is 0 Å². The fraction of sp³-hybridized carbons (Fsp3) is 0.600. The molecular formula is C5H8N2O3. The van der Waals surface area contributed by atoms with E-state index in [0.717, 1.165) is 0 Å². The number of nitrogens with one attached hydrogen (secondary N) is 1. The zero-order valence-electron chi connectivity index (χ0n) is 5.59. The Labute approximate surface area is 58.0 Å². The van der Waals surface area contributed by atoms with Gasteiger partial charge in [0.2, 0.25) is 0 Å². The predicted octanol–water partition coefficient (Wildman–Crippen LogP) is -0.907. The molecule has 1 aliphatic rings. The molecule has 1 N–H and O–H groups in total. The van der Waals surface area contributed by atoms with Crippen LogP contribution in [-0.2, 0) is 14.4 Å². The normalized spacial score (nSPS) is 17.3. The molecule has 0 aromatic rings. The van der Waals surface area contributed by atoms with Crippen LogP contribution in [0, 0.1) is 0 Å². The van der Waals surface area contributed by atoms with Crippen molar-refractivity contribution in [2.45, 2.75) is 0 Å². The Balaban J connectivity index is 2.43. The number of carbonyl (C=O) groups excluding carboxylic acids is 1. The number of methoxy groups -OCH3 is 1. The fourth-order valence-electron chi connectivity index (χ4n) is 0.588. The highest BCUT2D eigenvalue weighted by Gasteiger charge is 2.11. The van der Waals surface area contributed by atoms with Crippen LogP contribution in [0.3, 0.4) is 0 Å². The van der Waals surface area contributed by atoms with Crippen molar-refractivity contribution >= 4 is 11.7 Å². The lowest BCUT2D eigenvalue weighted by molar-refractivity contribution is -0.125. The number of hydrogen-bond acceptors (Lipinski definition) is 4. The molecule has 0 aliphatic carbocycles. The lowest BCUT2D eigenvalue weighted by Crippen LogP contribution is -2.39. The second kappa shape index (κ2) is 3.17. The molecule has 10 heavy (non-hydrogen) atoms. The van der Waals surface area contributed by atoms with Crippen LogP contribution in [0.25, 0.3) is 0 Å². The van der Waals surface area contributed by atoms with Gasteiger partial charge >= 0.3 is 0 Å². The van der Waals surface area contributed by atoms with Gasteiger partial charge in [0.15, 0.2) is 12.4 Å². The highest BCUT2D eigenvalue weighted by molar-refractivity contribution is 6.00. The first-order valence-electron chi connectivity index (χ1n) is 2.80. The van der Waals surface area contributed by atoms with Crippen LogP contribution in [0.4, 0.5) is 0 Å². The van der Waals surface area contributed by atoms with Crippen molar-refractivity contribution in [3.8, 4) is 0 Å². The van der Waals surface area contributed by atoms with E-state index in [1.807, 2.05) is 0 Å². The molecule has 0 aromatic heterocycles. The number of ether oxygens (including phenoxy) is 1. The van der Waals surface area contributed by atoms with Gasteiger partial charge in [0.25, 0.3) is 5.91 Å². The zero-order valence-corrected chi connectivity index (χ0v) is 5.59. The van der Waals surface area contributed by atoms with E-state index in [1.165, 1.54) is 7.11 Å². The van der Waals surface area contributed by atoms with Gasteiger partial charge in [-0.15, -0.1) is 0 Å². The van der Waals surface area contributed by atoms with E-state index in [0.29, 0.717) is 5.84 Å². The molecule has 0 saturated carbocycles. The molecule has 0 atom stereocenters. The molecule has 0 spiro atoms. The maximum Gasteiger partial charge on any atom is 0.266 e. The number of carbonyl (C=O) groups is 1. The Bertz CT molecular complexity index is 166. The van der Waals surface area contributed by atoms with E-state index in [2.05, 4.69) is 15.3 Å². The molecule has 5 heteroatoms. The van der Waals surface area contributed by atoms with Crippen molar-refractivity contribution in [2.24, 2.45) is 5.16 Å². The number of amides is 1. The number of amidine groups is 1. The second-order valence-corrected chi connectivity index (χ2v) is 1.79. The number of hydrogen-bond donors (Lipinski definition) is 1. The van der Waals surface area contributed by atoms with Gasteiger partial charge in [-0.3, -0.25) is 4.79 Å². The molecule has 0 radical (unpaired) electrons. The molecule has 1 amide bonds. The summed E-state index contributed by atoms with van der Waals surface area (Å²) in [7, 11) is 1.52. The molecule has 0 fully saturated rings. The third-order valence-corrected chi connectivity index (χ3v) is 0.935. The van der Waals surface area contributed by atoms with Crippen molar-refractivity contribution < 1.29 is 14.4 Å². The minimum atomic E-state index is -0.193. The Morgan fingerprint density at radius 3 is 3.30 bits per heavy atom. The SMILES string of the molecule is COCC1=NOCC(=O)N1. The fourth-order valence-corrected chi connectivity index (χ4v) is 0.588. The van der Waals surface area contributed by atoms with Crippen molar-refractivity contribution in [1.29, 1.82) is 0 Å². The molecule has 0 bridgehead atoms. The first kappa shape index (κ1) is 7.01. The lowest BCUT2D eigenvalue weighted by Gasteiger charge is -2.11. The Morgan fingerprint density at radius 2 is 2.70 bits per heavy atom. The summed E-state index contributed by atoms with van der Waals surface area (Å²) in [6.07, 6.45) is 0. The quantitative estimate of drug-likeness (QED) is 0.546. The maximum atomic E-state index is 10.6. The van der Waals surface area contributed by atoms with Crippen molar-refractivity contribution in [3.63, 3.8) is 0 Å². The molecule has 0 saturated heterocycles. The minimum Gasteiger partial charge on any atom is -0.384 e. The Morgan fingerprint density at radius 1 is 1.90 bits per heavy atom. The molecule has 1 rings (SSSR count). The smallest absolute Gasteiger partial charge is 0.266 e. The molecular weight excluding hydrogens is 136 g/mol. The summed E-state index contributed by atoms with van der Waals surface area (Å²) in [6, 6.07) is 0. The van der Waals surface area contributed by atoms with Crippen molar-refractivity contribution in [2.75, 3.05) is 20.3 Å². The summed E-state index contributed by atoms with van der Waals surface area (Å²) in [5.74, 6) is 0.223. The summed E-state index contributed by atoms with van der Waals surface area (Å²) in [5, 5.41) is 6.01. The zero-order chi connectivity index (χ0) is 7.40. The van der Waals surface area contributed by atoms with Gasteiger partial charge < -0.3 is 14.9 Å². The average Bonchev–Trinajstić information content (AvgIpc) is 1.88. The monoisotopic (exact) mass is 144 g/mol. The molecule has 1 heterocycles. The van der Waals surface area contributed by atoms with Crippen LogP contribution in [0.2, 0.25) is 0 Å². The van der Waals surface area contributed by atoms with Gasteiger partial charge in [-0.1, -0.05) is 5.16 Å². The van der Waals surface area contributed by atoms with Crippen molar-refractivity contribution in [1.82, 2.24) is 5.32 Å². The highest BCUT2D eigenvalue weighted by Crippen LogP contribution is 1.87. The van der Waals surface area contributed by atoms with E-state index in [9.17, 15) is 4.79 Å². The summed E-state index contributed by atoms with van der Waals surface area (Å²) in [4.78, 5) is 15.1. The summed E-state index contributed by atoms with van der Waals surface area (Å²) < 4.78 is 4.70. The predicted molar refractivity (Wildman–Crippen MR) is 33.4 cm³/mol. The highest BCUT2D eigenvalue weighted by atomic mass is 16.6. The summed E-state index contributed by atoms with van der Waals surface area (Å²) in [6.45, 7) is 0.263. The van der Waals surface area contributed by atoms with Gasteiger partial charge in [0, 0.05) is 7.11 Å². The number of nitrogens with zero attached hydrogens (tertiary/aromatic N) is 1. The summed E-state index contributed by atoms with van der Waals surface area (Å²) >= 11 is 0. The van der Waals surface area contributed by atoms with Gasteiger partial charge in [-0.05, 0) is 0 Å². The van der Waals surface area contributed by atoms with E-state index in [1.54, 1.807) is 0 Å². The van der Waals surface area contributed by atoms with Crippen LogP contribution in [0.5, 0.6) is 0 Å². The van der Waals surface area contributed by atoms with Crippen LogP contribution in [-0.4, -0.2) is 32.1 Å². The first-order valence-corrected chi connectivity index (χ1v) is 2.80. The Hall–Kier alpha value is -1.10. The lowest BCUT2D eigenvalue weighted by atomic mass is 10.5. The first-order chi connectivity index (χ1) is 4.83. The van der Waals surface area contributed by atoms with Gasteiger partial charge in [-0.2, -0.15) is 0 Å². The van der Waals surface area contributed by atoms with Crippen LogP contribution in [0.1, 0.15) is 0 Å². The van der Waals surface area contributed by atoms with Crippen LogP contribution in [0.15, 0.2) is 5.16 Å². The topological polar surface area (TPSA) is 59.9 Å². The Kier molecular flexibility index (Phi) is 2.22. The molecule has 1 aliphatic heterocycles. The third-order valence-electron chi connectivity index (χ3n) is 0.935. The summed E-state index contributed by atoms with van der Waals surface area (Å²) in [5.41, 5.74) is 0. The minimum absolute atomic E-state index is 0.00673. The third kappa shape index (κ3) is 1.70. The van der Waals surface area contributed by atoms with E-state index < -0.39 is 0 Å². The van der Waals surface area contributed by atoms with E-state index in [-0.39, 0.29) is 19.1 Å². The van der Waals surface area contributed by atoms with Crippen molar-refractivity contribution in [3.05, 3.63) is 0 Å². The second-order valence-electron chi connectivity index (χ2n) is 1.79. The molecule has 5 nitrogen and oxygen atoms in total. The van der Waals surface area contributed by atoms with E-state index in [4.69, 9.17) is 4.74 Å². The molecule has 56 valence electrons. The standard InChI is InChI=1S/C5H8N2O3/c1-9-2-4-6-5(8)3-10-7-4/h2-3H2,1H3,(H,6,7,8). The molecule has 0 aromatic carbocycles. The van der Waals surface area contributed by atoms with Crippen LogP contribution >= 0.6 is 0 Å². The van der Waals surface area contributed by atoms with Gasteiger partial charge in [0.1, 0.15) is 6.61 Å². The van der Waals surface area contributed by atoms with Gasteiger partial charge in [0.05, 0.1) is 0 Å². The largest absolute Gasteiger partial charge is 0.384 e. The number of rotatable bonds is 2. The number of oxime groups is 1. The average molecular weight is 144 g/mol. The molecule has 0 unspecified atom stereocenters.